The van der Waals surface area contributed by atoms with E-state index < -0.39 is 0 Å². The maximum atomic E-state index is 6.33. The topological polar surface area (TPSA) is 70.9 Å². The maximum Gasteiger partial charge on any atom is 0.0949 e. The van der Waals surface area contributed by atoms with Crippen molar-refractivity contribution in [2.45, 2.75) is 25.6 Å². The zero-order valence-corrected chi connectivity index (χ0v) is 10.9. The lowest BCUT2D eigenvalue weighted by molar-refractivity contribution is 0.180. The molecule has 19 heavy (non-hydrogen) atoms. The first-order valence-corrected chi connectivity index (χ1v) is 6.63. The van der Waals surface area contributed by atoms with Crippen molar-refractivity contribution in [2.24, 2.45) is 11.7 Å². The highest BCUT2D eigenvalue weighted by Gasteiger charge is 2.26. The molecule has 1 aliphatic rings. The standard InChI is InChI=1S/C13H19N5O/c14-13(11-1-6-19-8-11)12-7-16-10-18(12)5-4-17-3-2-15-9-17/h2-3,7,9-11,13H,1,4-6,8,14H2. The average Bonchev–Trinajstić information content (AvgIpc) is 3.16. The van der Waals surface area contributed by atoms with Gasteiger partial charge in [-0.25, -0.2) is 9.97 Å². The molecule has 2 aromatic rings. The van der Waals surface area contributed by atoms with E-state index in [1.54, 1.807) is 6.20 Å². The minimum Gasteiger partial charge on any atom is -0.381 e. The Morgan fingerprint density at radius 1 is 1.37 bits per heavy atom. The largest absolute Gasteiger partial charge is 0.381 e. The molecular formula is C13H19N5O. The third-order valence-electron chi connectivity index (χ3n) is 3.72. The number of rotatable bonds is 5. The van der Waals surface area contributed by atoms with Crippen molar-refractivity contribution in [2.75, 3.05) is 13.2 Å². The van der Waals surface area contributed by atoms with Crippen LogP contribution in [0.25, 0.3) is 0 Å². The monoisotopic (exact) mass is 261 g/mol. The third-order valence-corrected chi connectivity index (χ3v) is 3.72. The molecule has 6 heteroatoms. The molecule has 0 aromatic carbocycles. The molecule has 0 bridgehead atoms. The Balaban J connectivity index is 1.67. The molecule has 0 saturated carbocycles. The van der Waals surface area contributed by atoms with Crippen LogP contribution in [0.15, 0.2) is 31.2 Å². The highest BCUT2D eigenvalue weighted by atomic mass is 16.5. The molecule has 0 aliphatic carbocycles. The van der Waals surface area contributed by atoms with E-state index in [1.807, 2.05) is 29.6 Å². The molecule has 2 N–H and O–H groups in total. The van der Waals surface area contributed by atoms with Crippen molar-refractivity contribution in [1.29, 1.82) is 0 Å². The van der Waals surface area contributed by atoms with E-state index in [1.165, 1.54) is 0 Å². The maximum absolute atomic E-state index is 6.33. The van der Waals surface area contributed by atoms with Crippen LogP contribution in [0, 0.1) is 5.92 Å². The lowest BCUT2D eigenvalue weighted by Crippen LogP contribution is -2.25. The fourth-order valence-electron chi connectivity index (χ4n) is 2.52. The Kier molecular flexibility index (Phi) is 3.61. The van der Waals surface area contributed by atoms with Crippen LogP contribution in [0.4, 0.5) is 0 Å². The van der Waals surface area contributed by atoms with E-state index in [0.717, 1.165) is 38.4 Å². The molecule has 0 radical (unpaired) electrons. The van der Waals surface area contributed by atoms with Gasteiger partial charge in [-0.15, -0.1) is 0 Å². The second kappa shape index (κ2) is 5.54. The van der Waals surface area contributed by atoms with Crippen LogP contribution in [-0.2, 0) is 17.8 Å². The number of aryl methyl sites for hydroxylation is 2. The normalized spacial score (nSPS) is 20.8. The van der Waals surface area contributed by atoms with Gasteiger partial charge in [0, 0.05) is 44.2 Å². The molecule has 3 rings (SSSR count). The Labute approximate surface area is 112 Å². The lowest BCUT2D eigenvalue weighted by atomic mass is 9.97. The zero-order chi connectivity index (χ0) is 13.1. The van der Waals surface area contributed by atoms with E-state index in [9.17, 15) is 0 Å². The number of aromatic nitrogens is 4. The summed E-state index contributed by atoms with van der Waals surface area (Å²) < 4.78 is 9.59. The molecule has 102 valence electrons. The Bertz CT molecular complexity index is 501. The molecule has 1 fully saturated rings. The van der Waals surface area contributed by atoms with Crippen LogP contribution in [-0.4, -0.2) is 32.3 Å². The van der Waals surface area contributed by atoms with Gasteiger partial charge in [-0.2, -0.15) is 0 Å². The molecule has 6 nitrogen and oxygen atoms in total. The van der Waals surface area contributed by atoms with Crippen molar-refractivity contribution >= 4 is 0 Å². The van der Waals surface area contributed by atoms with E-state index in [2.05, 4.69) is 14.5 Å². The summed E-state index contributed by atoms with van der Waals surface area (Å²) in [5.41, 5.74) is 7.43. The van der Waals surface area contributed by atoms with Gasteiger partial charge in [-0.1, -0.05) is 0 Å². The van der Waals surface area contributed by atoms with Gasteiger partial charge < -0.3 is 19.6 Å². The van der Waals surface area contributed by atoms with E-state index >= 15 is 0 Å². The van der Waals surface area contributed by atoms with Gasteiger partial charge in [-0.05, 0) is 6.42 Å². The minimum absolute atomic E-state index is 0.00721. The molecule has 1 saturated heterocycles. The number of nitrogens with two attached hydrogens (primary N) is 1. The summed E-state index contributed by atoms with van der Waals surface area (Å²) in [6, 6.07) is 0.00721. The van der Waals surface area contributed by atoms with Gasteiger partial charge in [0.15, 0.2) is 0 Å². The first kappa shape index (κ1) is 12.4. The number of hydrogen-bond acceptors (Lipinski definition) is 4. The fourth-order valence-corrected chi connectivity index (χ4v) is 2.52. The van der Waals surface area contributed by atoms with Crippen LogP contribution in [0.5, 0.6) is 0 Å². The number of nitrogens with zero attached hydrogens (tertiary/aromatic N) is 4. The summed E-state index contributed by atoms with van der Waals surface area (Å²) in [6.45, 7) is 3.31. The lowest BCUT2D eigenvalue weighted by Gasteiger charge is -2.19. The minimum atomic E-state index is 0.00721. The number of imidazole rings is 2. The molecule has 1 aliphatic heterocycles. The van der Waals surface area contributed by atoms with Crippen molar-refractivity contribution in [1.82, 2.24) is 19.1 Å². The van der Waals surface area contributed by atoms with Gasteiger partial charge in [0.05, 0.1) is 31.0 Å². The van der Waals surface area contributed by atoms with Crippen LogP contribution in [0.2, 0.25) is 0 Å². The van der Waals surface area contributed by atoms with E-state index in [0.29, 0.717) is 5.92 Å². The molecule has 3 heterocycles. The molecular weight excluding hydrogens is 242 g/mol. The van der Waals surface area contributed by atoms with Gasteiger partial charge in [-0.3, -0.25) is 0 Å². The van der Waals surface area contributed by atoms with Crippen LogP contribution < -0.4 is 5.73 Å². The van der Waals surface area contributed by atoms with E-state index in [4.69, 9.17) is 10.5 Å². The number of hydrogen-bond donors (Lipinski definition) is 1. The Hall–Kier alpha value is -1.66. The molecule has 0 spiro atoms. The second-order valence-corrected chi connectivity index (χ2v) is 4.96. The molecule has 0 amide bonds. The molecule has 2 atom stereocenters. The number of ether oxygens (including phenoxy) is 1. The SMILES string of the molecule is NC(c1cncn1CCn1ccnc1)C1CCOC1. The molecule has 2 unspecified atom stereocenters. The van der Waals surface area contributed by atoms with E-state index in [-0.39, 0.29) is 6.04 Å². The summed E-state index contributed by atoms with van der Waals surface area (Å²) in [5.74, 6) is 0.406. The second-order valence-electron chi connectivity index (χ2n) is 4.96. The highest BCUT2D eigenvalue weighted by Crippen LogP contribution is 2.26. The predicted molar refractivity (Wildman–Crippen MR) is 70.3 cm³/mol. The summed E-state index contributed by atoms with van der Waals surface area (Å²) in [5, 5.41) is 0. The summed E-state index contributed by atoms with van der Waals surface area (Å²) >= 11 is 0. The summed E-state index contributed by atoms with van der Waals surface area (Å²) in [7, 11) is 0. The van der Waals surface area contributed by atoms with Crippen molar-refractivity contribution < 1.29 is 4.74 Å². The average molecular weight is 261 g/mol. The Morgan fingerprint density at radius 3 is 3.05 bits per heavy atom. The van der Waals surface area contributed by atoms with Crippen LogP contribution in [0.3, 0.4) is 0 Å². The van der Waals surface area contributed by atoms with Gasteiger partial charge >= 0.3 is 0 Å². The summed E-state index contributed by atoms with van der Waals surface area (Å²) in [4.78, 5) is 8.27. The highest BCUT2D eigenvalue weighted by molar-refractivity contribution is 5.07. The van der Waals surface area contributed by atoms with Crippen molar-refractivity contribution in [3.63, 3.8) is 0 Å². The van der Waals surface area contributed by atoms with Gasteiger partial charge in [0.25, 0.3) is 0 Å². The summed E-state index contributed by atoms with van der Waals surface area (Å²) in [6.07, 6.45) is 10.3. The predicted octanol–water partition coefficient (Wildman–Crippen LogP) is 0.816. The van der Waals surface area contributed by atoms with Crippen molar-refractivity contribution in [3.8, 4) is 0 Å². The molecule has 2 aromatic heterocycles. The fraction of sp³-hybridized carbons (Fsp3) is 0.538. The van der Waals surface area contributed by atoms with Crippen LogP contribution >= 0.6 is 0 Å². The quantitative estimate of drug-likeness (QED) is 0.865. The zero-order valence-electron chi connectivity index (χ0n) is 10.9. The van der Waals surface area contributed by atoms with Gasteiger partial charge in [0.1, 0.15) is 0 Å². The first-order chi connectivity index (χ1) is 9.34. The van der Waals surface area contributed by atoms with Gasteiger partial charge in [0.2, 0.25) is 0 Å². The van der Waals surface area contributed by atoms with Crippen LogP contribution in [0.1, 0.15) is 18.2 Å². The first-order valence-electron chi connectivity index (χ1n) is 6.63. The third kappa shape index (κ3) is 2.69. The van der Waals surface area contributed by atoms with Crippen molar-refractivity contribution in [3.05, 3.63) is 36.9 Å². The Morgan fingerprint density at radius 2 is 2.32 bits per heavy atom. The smallest absolute Gasteiger partial charge is 0.0949 e.